The molecule has 0 radical (unpaired) electrons. The number of benzene rings is 2. The summed E-state index contributed by atoms with van der Waals surface area (Å²) in [4.78, 5) is 29.4. The van der Waals surface area contributed by atoms with Crippen molar-refractivity contribution in [1.29, 1.82) is 0 Å². The van der Waals surface area contributed by atoms with E-state index in [-0.39, 0.29) is 29.4 Å². The number of hydrogen-bond acceptors (Lipinski definition) is 7. The summed E-state index contributed by atoms with van der Waals surface area (Å²) in [5.74, 6) is -0.898. The largest absolute Gasteiger partial charge is 0.507 e. The first kappa shape index (κ1) is 24.1. The number of likely N-dealkylation sites (N-methyl/N-ethyl adjacent to an activating group) is 1. The number of ketones is 1. The smallest absolute Gasteiger partial charge is 0.295 e. The molecular weight excluding hydrogens is 424 g/mol. The van der Waals surface area contributed by atoms with Crippen LogP contribution in [-0.2, 0) is 9.59 Å². The van der Waals surface area contributed by atoms with Crippen molar-refractivity contribution in [2.24, 2.45) is 0 Å². The molecule has 1 saturated heterocycles. The maximum absolute atomic E-state index is 13.1. The minimum absolute atomic E-state index is 0.00581. The van der Waals surface area contributed by atoms with Crippen molar-refractivity contribution in [2.45, 2.75) is 19.4 Å². The summed E-state index contributed by atoms with van der Waals surface area (Å²) in [6.07, 6.45) is 0.869. The molecule has 1 atom stereocenters. The summed E-state index contributed by atoms with van der Waals surface area (Å²) < 4.78 is 10.8. The van der Waals surface area contributed by atoms with E-state index in [4.69, 9.17) is 9.47 Å². The van der Waals surface area contributed by atoms with Gasteiger partial charge >= 0.3 is 0 Å². The third-order valence-electron chi connectivity index (χ3n) is 5.45. The zero-order valence-electron chi connectivity index (χ0n) is 19.4. The van der Waals surface area contributed by atoms with Crippen LogP contribution in [0.4, 0.5) is 0 Å². The Hall–Kier alpha value is -3.52. The van der Waals surface area contributed by atoms with Gasteiger partial charge in [0.05, 0.1) is 25.3 Å². The molecule has 8 heteroatoms. The second kappa shape index (κ2) is 10.4. The van der Waals surface area contributed by atoms with Crippen LogP contribution in [0.1, 0.15) is 30.5 Å². The van der Waals surface area contributed by atoms with E-state index in [0.29, 0.717) is 30.0 Å². The van der Waals surface area contributed by atoms with Crippen molar-refractivity contribution in [1.82, 2.24) is 9.80 Å². The van der Waals surface area contributed by atoms with E-state index in [2.05, 4.69) is 0 Å². The van der Waals surface area contributed by atoms with E-state index < -0.39 is 17.7 Å². The molecule has 3 rings (SSSR count). The molecule has 0 aromatic heterocycles. The number of carbonyl (C=O) groups excluding carboxylic acids is 2. The minimum atomic E-state index is -0.824. The van der Waals surface area contributed by atoms with Crippen LogP contribution in [0.25, 0.3) is 5.76 Å². The van der Waals surface area contributed by atoms with Crippen LogP contribution in [0.2, 0.25) is 0 Å². The molecule has 0 aliphatic carbocycles. The van der Waals surface area contributed by atoms with Gasteiger partial charge in [0.1, 0.15) is 11.5 Å². The van der Waals surface area contributed by atoms with Crippen LogP contribution in [0.3, 0.4) is 0 Å². The van der Waals surface area contributed by atoms with Gasteiger partial charge in [-0.25, -0.2) is 0 Å². The second-order valence-corrected chi connectivity index (χ2v) is 8.10. The first-order valence-corrected chi connectivity index (χ1v) is 10.8. The van der Waals surface area contributed by atoms with Crippen molar-refractivity contribution in [2.75, 3.05) is 40.9 Å². The summed E-state index contributed by atoms with van der Waals surface area (Å²) >= 11 is 0. The van der Waals surface area contributed by atoms with Crippen molar-refractivity contribution < 1.29 is 29.3 Å². The lowest BCUT2D eigenvalue weighted by Crippen LogP contribution is -2.35. The summed E-state index contributed by atoms with van der Waals surface area (Å²) in [6, 6.07) is 10.5. The van der Waals surface area contributed by atoms with Gasteiger partial charge in [-0.2, -0.15) is 0 Å². The van der Waals surface area contributed by atoms with Gasteiger partial charge in [0.25, 0.3) is 11.7 Å². The fraction of sp³-hybridized carbons (Fsp3) is 0.360. The van der Waals surface area contributed by atoms with Crippen LogP contribution >= 0.6 is 0 Å². The highest BCUT2D eigenvalue weighted by Gasteiger charge is 2.46. The number of carbonyl (C=O) groups is 2. The van der Waals surface area contributed by atoms with E-state index in [9.17, 15) is 19.8 Å². The second-order valence-electron chi connectivity index (χ2n) is 8.10. The Balaban J connectivity index is 2.09. The Morgan fingerprint density at radius 1 is 1.12 bits per heavy atom. The predicted molar refractivity (Wildman–Crippen MR) is 124 cm³/mol. The number of aromatic hydroxyl groups is 1. The van der Waals surface area contributed by atoms with Crippen LogP contribution in [-0.4, -0.2) is 72.6 Å². The maximum Gasteiger partial charge on any atom is 0.295 e. The van der Waals surface area contributed by atoms with Gasteiger partial charge < -0.3 is 29.5 Å². The number of phenolic OH excluding ortho intramolecular Hbond substituents is 1. The molecule has 2 aromatic rings. The molecule has 8 nitrogen and oxygen atoms in total. The quantitative estimate of drug-likeness (QED) is 0.341. The first-order chi connectivity index (χ1) is 15.8. The summed E-state index contributed by atoms with van der Waals surface area (Å²) in [5.41, 5.74) is 0.945. The molecule has 0 bridgehead atoms. The highest BCUT2D eigenvalue weighted by Crippen LogP contribution is 2.41. The highest BCUT2D eigenvalue weighted by atomic mass is 16.5. The number of ether oxygens (including phenoxy) is 2. The topological polar surface area (TPSA) is 99.5 Å². The normalized spacial score (nSPS) is 17.6. The molecule has 2 N–H and O–H groups in total. The number of likely N-dealkylation sites (tertiary alicyclic amines) is 1. The van der Waals surface area contributed by atoms with Gasteiger partial charge in [0.2, 0.25) is 0 Å². The maximum atomic E-state index is 13.1. The molecule has 0 saturated carbocycles. The molecular formula is C25H30N2O6. The van der Waals surface area contributed by atoms with Crippen molar-refractivity contribution >= 4 is 17.4 Å². The van der Waals surface area contributed by atoms with Gasteiger partial charge in [0.15, 0.2) is 11.5 Å². The zero-order valence-corrected chi connectivity index (χ0v) is 19.4. The van der Waals surface area contributed by atoms with Crippen LogP contribution < -0.4 is 9.47 Å². The summed E-state index contributed by atoms with van der Waals surface area (Å²) in [5, 5.41) is 21.1. The first-order valence-electron chi connectivity index (χ1n) is 10.8. The van der Waals surface area contributed by atoms with E-state index in [1.54, 1.807) is 36.4 Å². The molecule has 1 fully saturated rings. The Bertz CT molecular complexity index is 1050. The van der Waals surface area contributed by atoms with E-state index in [0.717, 1.165) is 6.42 Å². The lowest BCUT2D eigenvalue weighted by atomic mass is 9.95. The number of phenols is 1. The third-order valence-corrected chi connectivity index (χ3v) is 5.45. The molecule has 1 heterocycles. The number of rotatable bonds is 9. The van der Waals surface area contributed by atoms with Crippen molar-refractivity contribution in [3.05, 3.63) is 59.2 Å². The molecule has 33 heavy (non-hydrogen) atoms. The average molecular weight is 455 g/mol. The third kappa shape index (κ3) is 5.12. The van der Waals surface area contributed by atoms with Crippen molar-refractivity contribution in [3.63, 3.8) is 0 Å². The average Bonchev–Trinajstić information content (AvgIpc) is 3.06. The van der Waals surface area contributed by atoms with Gasteiger partial charge in [0, 0.05) is 18.7 Å². The standard InChI is InChI=1S/C25H30N2O6/c1-5-14-33-18-9-6-16(7-10-18)23(29)21-22(17-8-11-19(28)20(15-17)32-4)27(13-12-26(2)3)25(31)24(21)30/h6-11,15,22,28-29H,5,12-14H2,1-4H3/b23-21-. The lowest BCUT2D eigenvalue weighted by Gasteiger charge is -2.27. The van der Waals surface area contributed by atoms with Gasteiger partial charge in [-0.1, -0.05) is 13.0 Å². The Morgan fingerprint density at radius 3 is 2.42 bits per heavy atom. The monoisotopic (exact) mass is 454 g/mol. The van der Waals surface area contributed by atoms with E-state index >= 15 is 0 Å². The van der Waals surface area contributed by atoms with E-state index in [1.165, 1.54) is 18.1 Å². The van der Waals surface area contributed by atoms with Crippen LogP contribution in [0.15, 0.2) is 48.0 Å². The Morgan fingerprint density at radius 2 is 1.82 bits per heavy atom. The number of aliphatic hydroxyl groups excluding tert-OH is 1. The number of aliphatic hydroxyl groups is 1. The molecule has 1 unspecified atom stereocenters. The molecule has 1 aliphatic rings. The molecule has 1 aliphatic heterocycles. The van der Waals surface area contributed by atoms with Gasteiger partial charge in [-0.15, -0.1) is 0 Å². The number of methoxy groups -OCH3 is 1. The van der Waals surface area contributed by atoms with Gasteiger partial charge in [-0.3, -0.25) is 9.59 Å². The SMILES string of the molecule is CCCOc1ccc(/C(O)=C2/C(=O)C(=O)N(CCN(C)C)C2c2ccc(O)c(OC)c2)cc1. The molecule has 0 spiro atoms. The number of Topliss-reactive ketones (excluding diaryl/α,β-unsaturated/α-hetero) is 1. The van der Waals surface area contributed by atoms with Crippen molar-refractivity contribution in [3.8, 4) is 17.2 Å². The predicted octanol–water partition coefficient (Wildman–Crippen LogP) is 3.17. The minimum Gasteiger partial charge on any atom is -0.507 e. The van der Waals surface area contributed by atoms with Gasteiger partial charge in [-0.05, 0) is 62.5 Å². The number of amides is 1. The lowest BCUT2D eigenvalue weighted by molar-refractivity contribution is -0.140. The summed E-state index contributed by atoms with van der Waals surface area (Å²) in [7, 11) is 5.17. The van der Waals surface area contributed by atoms with Crippen LogP contribution in [0, 0.1) is 0 Å². The fourth-order valence-corrected chi connectivity index (χ4v) is 3.71. The molecule has 1 amide bonds. The Labute approximate surface area is 193 Å². The number of nitrogens with zero attached hydrogens (tertiary/aromatic N) is 2. The highest BCUT2D eigenvalue weighted by molar-refractivity contribution is 6.46. The number of hydrogen-bond donors (Lipinski definition) is 2. The Kier molecular flexibility index (Phi) is 7.60. The molecule has 176 valence electrons. The van der Waals surface area contributed by atoms with E-state index in [1.807, 2.05) is 25.9 Å². The fourth-order valence-electron chi connectivity index (χ4n) is 3.71. The van der Waals surface area contributed by atoms with Crippen LogP contribution in [0.5, 0.6) is 17.2 Å². The summed E-state index contributed by atoms with van der Waals surface area (Å²) in [6.45, 7) is 3.40. The zero-order chi connectivity index (χ0) is 24.1. The molecule has 2 aromatic carbocycles.